The third-order valence-electron chi connectivity index (χ3n) is 5.38. The molecule has 0 spiro atoms. The molecule has 31 heavy (non-hydrogen) atoms. The van der Waals surface area contributed by atoms with Crippen LogP contribution in [0.25, 0.3) is 11.1 Å². The monoisotopic (exact) mass is 436 g/mol. The van der Waals surface area contributed by atoms with Crippen molar-refractivity contribution in [3.63, 3.8) is 0 Å². The van der Waals surface area contributed by atoms with Crippen LogP contribution in [0, 0.1) is 0 Å². The number of sulfonamides is 1. The van der Waals surface area contributed by atoms with Gasteiger partial charge in [0.15, 0.2) is 0 Å². The Morgan fingerprint density at radius 2 is 1.61 bits per heavy atom. The first-order chi connectivity index (χ1) is 15.0. The van der Waals surface area contributed by atoms with E-state index in [0.29, 0.717) is 24.5 Å². The Morgan fingerprint density at radius 3 is 2.32 bits per heavy atom. The van der Waals surface area contributed by atoms with Crippen molar-refractivity contribution < 1.29 is 17.9 Å². The van der Waals surface area contributed by atoms with Crippen molar-refractivity contribution in [2.45, 2.75) is 17.7 Å². The van der Waals surface area contributed by atoms with Crippen LogP contribution in [0.2, 0.25) is 0 Å². The average molecular weight is 437 g/mol. The topological polar surface area (TPSA) is 75.7 Å². The highest BCUT2D eigenvalue weighted by Gasteiger charge is 2.28. The van der Waals surface area contributed by atoms with E-state index in [4.69, 9.17) is 4.74 Å². The van der Waals surface area contributed by atoms with Gasteiger partial charge in [0.05, 0.1) is 17.6 Å². The predicted molar refractivity (Wildman–Crippen MR) is 121 cm³/mol. The number of anilines is 1. The molecule has 0 aromatic heterocycles. The van der Waals surface area contributed by atoms with E-state index >= 15 is 0 Å². The van der Waals surface area contributed by atoms with Gasteiger partial charge in [-0.2, -0.15) is 4.31 Å². The standard InChI is InChI=1S/C24H24N2O4S/c1-30-23-14-13-19(31(28,29)26-15-7-8-16-26)17-21(23)24(27)25-22-12-6-5-11-20(22)18-9-3-2-4-10-18/h2-6,9-14,17H,7-8,15-16H2,1H3,(H,25,27). The first-order valence-corrected chi connectivity index (χ1v) is 11.6. The third-order valence-corrected chi connectivity index (χ3v) is 7.27. The number of hydrogen-bond donors (Lipinski definition) is 1. The highest BCUT2D eigenvalue weighted by atomic mass is 32.2. The molecule has 160 valence electrons. The van der Waals surface area contributed by atoms with Crippen LogP contribution in [0.15, 0.2) is 77.7 Å². The number of nitrogens with one attached hydrogen (secondary N) is 1. The van der Waals surface area contributed by atoms with Gasteiger partial charge < -0.3 is 10.1 Å². The van der Waals surface area contributed by atoms with Crippen LogP contribution in [-0.4, -0.2) is 38.8 Å². The Balaban J connectivity index is 1.68. The molecule has 3 aromatic carbocycles. The number of nitrogens with zero attached hydrogens (tertiary/aromatic N) is 1. The molecule has 1 fully saturated rings. The summed E-state index contributed by atoms with van der Waals surface area (Å²) in [5.74, 6) is -0.117. The number of hydrogen-bond acceptors (Lipinski definition) is 4. The van der Waals surface area contributed by atoms with Gasteiger partial charge in [-0.25, -0.2) is 8.42 Å². The zero-order chi connectivity index (χ0) is 21.8. The van der Waals surface area contributed by atoms with Crippen molar-refractivity contribution in [3.05, 3.63) is 78.4 Å². The van der Waals surface area contributed by atoms with Crippen LogP contribution < -0.4 is 10.1 Å². The molecule has 1 amide bonds. The normalized spacial score (nSPS) is 14.4. The molecular formula is C24H24N2O4S. The van der Waals surface area contributed by atoms with Crippen LogP contribution in [-0.2, 0) is 10.0 Å². The second kappa shape index (κ2) is 8.91. The number of methoxy groups -OCH3 is 1. The van der Waals surface area contributed by atoms with Gasteiger partial charge in [0.2, 0.25) is 10.0 Å². The lowest BCUT2D eigenvalue weighted by atomic mass is 10.0. The van der Waals surface area contributed by atoms with E-state index in [1.165, 1.54) is 29.6 Å². The van der Waals surface area contributed by atoms with E-state index < -0.39 is 15.9 Å². The highest BCUT2D eigenvalue weighted by molar-refractivity contribution is 7.89. The van der Waals surface area contributed by atoms with Crippen molar-refractivity contribution in [3.8, 4) is 16.9 Å². The van der Waals surface area contributed by atoms with Crippen molar-refractivity contribution in [2.75, 3.05) is 25.5 Å². The molecule has 1 saturated heterocycles. The second-order valence-electron chi connectivity index (χ2n) is 7.34. The first-order valence-electron chi connectivity index (χ1n) is 10.1. The summed E-state index contributed by atoms with van der Waals surface area (Å²) >= 11 is 0. The van der Waals surface area contributed by atoms with E-state index in [9.17, 15) is 13.2 Å². The van der Waals surface area contributed by atoms with Gasteiger partial charge in [0, 0.05) is 24.3 Å². The van der Waals surface area contributed by atoms with Crippen molar-refractivity contribution >= 4 is 21.6 Å². The summed E-state index contributed by atoms with van der Waals surface area (Å²) in [6.45, 7) is 1.00. The van der Waals surface area contributed by atoms with Gasteiger partial charge in [0.1, 0.15) is 5.75 Å². The summed E-state index contributed by atoms with van der Waals surface area (Å²) in [6.07, 6.45) is 1.69. The molecule has 3 aromatic rings. The summed E-state index contributed by atoms with van der Waals surface area (Å²) < 4.78 is 32.7. The molecule has 0 atom stereocenters. The molecule has 0 bridgehead atoms. The Labute approximate surface area is 182 Å². The molecule has 6 nitrogen and oxygen atoms in total. The van der Waals surface area contributed by atoms with Gasteiger partial charge in [-0.3, -0.25) is 4.79 Å². The smallest absolute Gasteiger partial charge is 0.259 e. The zero-order valence-corrected chi connectivity index (χ0v) is 18.1. The fraction of sp³-hybridized carbons (Fsp3) is 0.208. The molecule has 0 aliphatic carbocycles. The minimum Gasteiger partial charge on any atom is -0.496 e. The van der Waals surface area contributed by atoms with E-state index in [0.717, 1.165) is 24.0 Å². The maximum atomic E-state index is 13.2. The Bertz CT molecular complexity index is 1190. The molecule has 0 saturated carbocycles. The number of para-hydroxylation sites is 1. The molecule has 1 aliphatic rings. The van der Waals surface area contributed by atoms with E-state index in [1.54, 1.807) is 0 Å². The van der Waals surface area contributed by atoms with Crippen molar-refractivity contribution in [2.24, 2.45) is 0 Å². The number of benzene rings is 3. The first kappa shape index (κ1) is 21.1. The average Bonchev–Trinajstić information content (AvgIpc) is 3.35. The quantitative estimate of drug-likeness (QED) is 0.621. The van der Waals surface area contributed by atoms with Gasteiger partial charge >= 0.3 is 0 Å². The summed E-state index contributed by atoms with van der Waals surface area (Å²) in [5, 5.41) is 2.92. The lowest BCUT2D eigenvalue weighted by molar-refractivity contribution is 0.102. The second-order valence-corrected chi connectivity index (χ2v) is 9.28. The van der Waals surface area contributed by atoms with Crippen LogP contribution in [0.3, 0.4) is 0 Å². The number of rotatable bonds is 6. The zero-order valence-electron chi connectivity index (χ0n) is 17.2. The molecule has 0 radical (unpaired) electrons. The number of amides is 1. The van der Waals surface area contributed by atoms with Crippen LogP contribution in [0.4, 0.5) is 5.69 Å². The van der Waals surface area contributed by atoms with E-state index in [2.05, 4.69) is 5.32 Å². The fourth-order valence-electron chi connectivity index (χ4n) is 3.75. The Hall–Kier alpha value is -3.16. The molecule has 7 heteroatoms. The van der Waals surface area contributed by atoms with Crippen LogP contribution in [0.5, 0.6) is 5.75 Å². The van der Waals surface area contributed by atoms with Crippen molar-refractivity contribution in [1.82, 2.24) is 4.31 Å². The fourth-order valence-corrected chi connectivity index (χ4v) is 5.30. The summed E-state index contributed by atoms with van der Waals surface area (Å²) in [6, 6.07) is 21.6. The molecule has 1 aliphatic heterocycles. The Morgan fingerprint density at radius 1 is 0.935 bits per heavy atom. The molecule has 4 rings (SSSR count). The number of carbonyl (C=O) groups is 1. The van der Waals surface area contributed by atoms with Gasteiger partial charge in [-0.1, -0.05) is 48.5 Å². The van der Waals surface area contributed by atoms with Gasteiger partial charge in [0.25, 0.3) is 5.91 Å². The molecular weight excluding hydrogens is 412 g/mol. The van der Waals surface area contributed by atoms with Crippen LogP contribution in [0.1, 0.15) is 23.2 Å². The minimum atomic E-state index is -3.65. The molecule has 0 unspecified atom stereocenters. The van der Waals surface area contributed by atoms with E-state index in [1.807, 2.05) is 54.6 Å². The lowest BCUT2D eigenvalue weighted by Gasteiger charge is -2.17. The predicted octanol–water partition coefficient (Wildman–Crippen LogP) is 4.40. The largest absolute Gasteiger partial charge is 0.496 e. The van der Waals surface area contributed by atoms with Gasteiger partial charge in [-0.05, 0) is 42.7 Å². The Kier molecular flexibility index (Phi) is 6.06. The SMILES string of the molecule is COc1ccc(S(=O)(=O)N2CCCC2)cc1C(=O)Nc1ccccc1-c1ccccc1. The maximum absolute atomic E-state index is 13.2. The molecule has 1 N–H and O–H groups in total. The summed E-state index contributed by atoms with van der Waals surface area (Å²) in [4.78, 5) is 13.3. The summed E-state index contributed by atoms with van der Waals surface area (Å²) in [7, 11) is -2.19. The van der Waals surface area contributed by atoms with Crippen molar-refractivity contribution in [1.29, 1.82) is 0 Å². The lowest BCUT2D eigenvalue weighted by Crippen LogP contribution is -2.28. The summed E-state index contributed by atoms with van der Waals surface area (Å²) in [5.41, 5.74) is 2.64. The number of ether oxygens (including phenoxy) is 1. The number of carbonyl (C=O) groups excluding carboxylic acids is 1. The van der Waals surface area contributed by atoms with Crippen LogP contribution >= 0.6 is 0 Å². The molecule has 1 heterocycles. The van der Waals surface area contributed by atoms with Gasteiger partial charge in [-0.15, -0.1) is 0 Å². The third kappa shape index (κ3) is 4.33. The maximum Gasteiger partial charge on any atom is 0.259 e. The highest BCUT2D eigenvalue weighted by Crippen LogP contribution is 2.30. The minimum absolute atomic E-state index is 0.0942. The van der Waals surface area contributed by atoms with E-state index in [-0.39, 0.29) is 10.5 Å².